The Balaban J connectivity index is 2.75. The molecule has 7 heteroatoms. The van der Waals surface area contributed by atoms with Crippen LogP contribution in [-0.4, -0.2) is 26.1 Å². The van der Waals surface area contributed by atoms with E-state index in [2.05, 4.69) is 0 Å². The summed E-state index contributed by atoms with van der Waals surface area (Å²) in [6.45, 7) is 5.00. The number of ether oxygens (including phenoxy) is 1. The molecule has 0 unspecified atom stereocenters. The lowest BCUT2D eigenvalue weighted by Crippen LogP contribution is -2.13. The van der Waals surface area contributed by atoms with Crippen LogP contribution in [0.5, 0.6) is 5.75 Å². The highest BCUT2D eigenvalue weighted by molar-refractivity contribution is 7.91. The summed E-state index contributed by atoms with van der Waals surface area (Å²) in [6, 6.07) is 7.17. The number of aromatic hydroxyl groups is 1. The lowest BCUT2D eigenvalue weighted by Gasteiger charge is -2.16. The van der Waals surface area contributed by atoms with Crippen molar-refractivity contribution in [2.24, 2.45) is 0 Å². The second kappa shape index (κ2) is 7.45. The van der Waals surface area contributed by atoms with Gasteiger partial charge in [0.2, 0.25) is 9.84 Å². The maximum absolute atomic E-state index is 13.0. The molecule has 0 saturated carbocycles. The molecule has 1 N–H and O–H groups in total. The Bertz CT molecular complexity index is 902. The van der Waals surface area contributed by atoms with Gasteiger partial charge in [0.05, 0.1) is 16.4 Å². The number of carbonyl (C=O) groups excluding carboxylic acids is 1. The van der Waals surface area contributed by atoms with Gasteiger partial charge in [0, 0.05) is 5.02 Å². The van der Waals surface area contributed by atoms with Gasteiger partial charge in [0.15, 0.2) is 0 Å². The van der Waals surface area contributed by atoms with E-state index < -0.39 is 15.8 Å². The smallest absolute Gasteiger partial charge is 0.342 e. The third-order valence-corrected chi connectivity index (χ3v) is 6.01. The van der Waals surface area contributed by atoms with Crippen molar-refractivity contribution in [3.05, 3.63) is 52.0 Å². The average Bonchev–Trinajstić information content (AvgIpc) is 2.55. The topological polar surface area (TPSA) is 80.7 Å². The normalized spacial score (nSPS) is 11.4. The van der Waals surface area contributed by atoms with E-state index in [1.165, 1.54) is 37.3 Å². The van der Waals surface area contributed by atoms with Crippen LogP contribution in [0.4, 0.5) is 0 Å². The zero-order chi connectivity index (χ0) is 18.8. The summed E-state index contributed by atoms with van der Waals surface area (Å²) in [6.07, 6.45) is 0.363. The molecule has 0 heterocycles. The van der Waals surface area contributed by atoms with Gasteiger partial charge in [-0.1, -0.05) is 18.5 Å². The van der Waals surface area contributed by atoms with Crippen LogP contribution < -0.4 is 0 Å². The minimum Gasteiger partial charge on any atom is -0.507 e. The number of benzene rings is 2. The molecule has 2 aromatic carbocycles. The second-order valence-electron chi connectivity index (χ2n) is 5.41. The van der Waals surface area contributed by atoms with Gasteiger partial charge in [-0.15, -0.1) is 0 Å². The number of hydrogen-bond donors (Lipinski definition) is 1. The molecule has 2 aromatic rings. The summed E-state index contributed by atoms with van der Waals surface area (Å²) in [7, 11) is -3.88. The largest absolute Gasteiger partial charge is 0.507 e. The molecule has 25 heavy (non-hydrogen) atoms. The number of carbonyl (C=O) groups is 1. The van der Waals surface area contributed by atoms with Crippen LogP contribution in [0.15, 0.2) is 40.1 Å². The first kappa shape index (κ1) is 19.3. The third-order valence-electron chi connectivity index (χ3n) is 3.86. The van der Waals surface area contributed by atoms with E-state index in [1.54, 1.807) is 13.8 Å². The summed E-state index contributed by atoms with van der Waals surface area (Å²) in [5.41, 5.74) is 0.401. The molecule has 2 rings (SSSR count). The summed E-state index contributed by atoms with van der Waals surface area (Å²) >= 11 is 5.82. The molecule has 0 aliphatic carbocycles. The number of phenols is 1. The predicted molar refractivity (Wildman–Crippen MR) is 95.1 cm³/mol. The summed E-state index contributed by atoms with van der Waals surface area (Å²) in [5, 5.41) is 10.8. The molecule has 5 nitrogen and oxygen atoms in total. The molecule has 0 atom stereocenters. The van der Waals surface area contributed by atoms with E-state index in [-0.39, 0.29) is 33.3 Å². The first-order chi connectivity index (χ1) is 11.7. The highest BCUT2D eigenvalue weighted by Gasteiger charge is 2.28. The minimum atomic E-state index is -3.88. The van der Waals surface area contributed by atoms with Crippen LogP contribution in [0, 0.1) is 6.92 Å². The van der Waals surface area contributed by atoms with Crippen molar-refractivity contribution in [1.82, 2.24) is 0 Å². The first-order valence-corrected chi connectivity index (χ1v) is 9.63. The van der Waals surface area contributed by atoms with Crippen LogP contribution >= 0.6 is 11.6 Å². The Morgan fingerprint density at radius 1 is 1.20 bits per heavy atom. The van der Waals surface area contributed by atoms with E-state index in [1.807, 2.05) is 0 Å². The van der Waals surface area contributed by atoms with Crippen molar-refractivity contribution < 1.29 is 23.1 Å². The van der Waals surface area contributed by atoms with Crippen molar-refractivity contribution in [3.8, 4) is 5.75 Å². The number of aryl methyl sites for hydroxylation is 1. The van der Waals surface area contributed by atoms with Crippen molar-refractivity contribution >= 4 is 27.4 Å². The monoisotopic (exact) mass is 382 g/mol. The Labute approximate surface area is 152 Å². The fraction of sp³-hybridized carbons (Fsp3) is 0.278. The number of rotatable bonds is 5. The predicted octanol–water partition coefficient (Wildman–Crippen LogP) is 3.93. The van der Waals surface area contributed by atoms with Crippen LogP contribution in [0.3, 0.4) is 0 Å². The molecule has 0 radical (unpaired) electrons. The molecule has 0 spiro atoms. The van der Waals surface area contributed by atoms with Gasteiger partial charge in [0.25, 0.3) is 0 Å². The van der Waals surface area contributed by atoms with Crippen molar-refractivity contribution in [1.29, 1.82) is 0 Å². The van der Waals surface area contributed by atoms with Gasteiger partial charge >= 0.3 is 5.97 Å². The average molecular weight is 383 g/mol. The fourth-order valence-corrected chi connectivity index (χ4v) is 4.22. The molecule has 134 valence electrons. The van der Waals surface area contributed by atoms with Gasteiger partial charge in [-0.3, -0.25) is 0 Å². The fourth-order valence-electron chi connectivity index (χ4n) is 2.54. The van der Waals surface area contributed by atoms with Gasteiger partial charge < -0.3 is 9.84 Å². The van der Waals surface area contributed by atoms with Crippen molar-refractivity contribution in [3.63, 3.8) is 0 Å². The van der Waals surface area contributed by atoms with Gasteiger partial charge in [-0.2, -0.15) is 0 Å². The number of sulfone groups is 1. The van der Waals surface area contributed by atoms with E-state index in [0.29, 0.717) is 17.0 Å². The summed E-state index contributed by atoms with van der Waals surface area (Å²) in [4.78, 5) is 12.2. The quantitative estimate of drug-likeness (QED) is 0.792. The SMILES string of the molecule is CCOC(=O)c1c(C)c(S(=O)(=O)c2ccc(Cl)cc2)cc(CC)c1O. The van der Waals surface area contributed by atoms with Gasteiger partial charge in [-0.05, 0) is 61.7 Å². The molecule has 0 aliphatic heterocycles. The molecule has 0 fully saturated rings. The Kier molecular flexibility index (Phi) is 5.75. The Hall–Kier alpha value is -2.05. The van der Waals surface area contributed by atoms with Crippen LogP contribution in [0.25, 0.3) is 0 Å². The standard InChI is InChI=1S/C18H19ClO5S/c1-4-12-10-15(11(3)16(17(12)20)18(21)24-5-2)25(22,23)14-8-6-13(19)7-9-14/h6-10,20H,4-5H2,1-3H3. The van der Waals surface area contributed by atoms with Crippen LogP contribution in [-0.2, 0) is 21.0 Å². The molecule has 0 bridgehead atoms. The maximum atomic E-state index is 13.0. The zero-order valence-corrected chi connectivity index (χ0v) is 15.7. The molecule has 0 aromatic heterocycles. The maximum Gasteiger partial charge on any atom is 0.342 e. The Morgan fingerprint density at radius 2 is 1.80 bits per heavy atom. The summed E-state index contributed by atoms with van der Waals surface area (Å²) in [5.74, 6) is -0.992. The van der Waals surface area contributed by atoms with E-state index in [4.69, 9.17) is 16.3 Å². The van der Waals surface area contributed by atoms with Crippen LogP contribution in [0.1, 0.15) is 35.3 Å². The molecule has 0 aliphatic rings. The third kappa shape index (κ3) is 3.65. The van der Waals surface area contributed by atoms with E-state index in [9.17, 15) is 18.3 Å². The number of esters is 1. The number of phenolic OH excluding ortho intramolecular Hbond substituents is 1. The Morgan fingerprint density at radius 3 is 2.32 bits per heavy atom. The highest BCUT2D eigenvalue weighted by atomic mass is 35.5. The molecule has 0 amide bonds. The van der Waals surface area contributed by atoms with Crippen LogP contribution in [0.2, 0.25) is 5.02 Å². The van der Waals surface area contributed by atoms with Crippen molar-refractivity contribution in [2.75, 3.05) is 6.61 Å². The number of hydrogen-bond acceptors (Lipinski definition) is 5. The minimum absolute atomic E-state index is 0.0347. The zero-order valence-electron chi connectivity index (χ0n) is 14.2. The first-order valence-electron chi connectivity index (χ1n) is 7.77. The van der Waals surface area contributed by atoms with Crippen molar-refractivity contribution in [2.45, 2.75) is 37.0 Å². The van der Waals surface area contributed by atoms with Gasteiger partial charge in [-0.25, -0.2) is 13.2 Å². The molecule has 0 saturated heterocycles. The highest BCUT2D eigenvalue weighted by Crippen LogP contribution is 2.35. The number of halogens is 1. The summed E-state index contributed by atoms with van der Waals surface area (Å²) < 4.78 is 31.0. The van der Waals surface area contributed by atoms with E-state index >= 15 is 0 Å². The lowest BCUT2D eigenvalue weighted by atomic mass is 10.0. The lowest BCUT2D eigenvalue weighted by molar-refractivity contribution is 0.0521. The molecular weight excluding hydrogens is 364 g/mol. The van der Waals surface area contributed by atoms with Gasteiger partial charge in [0.1, 0.15) is 11.3 Å². The second-order valence-corrected chi connectivity index (χ2v) is 7.77. The molecular formula is C18H19ClO5S. The van der Waals surface area contributed by atoms with E-state index in [0.717, 1.165) is 0 Å².